The molecule has 21 heavy (non-hydrogen) atoms. The number of hydrogen-bond donors (Lipinski definition) is 2. The molecule has 1 atom stereocenters. The van der Waals surface area contributed by atoms with Crippen LogP contribution in [-0.2, 0) is 11.2 Å². The molecule has 1 aliphatic heterocycles. The first kappa shape index (κ1) is 15.0. The Bertz CT molecular complexity index is 468. The molecule has 4 nitrogen and oxygen atoms in total. The molecule has 1 fully saturated rings. The predicted molar refractivity (Wildman–Crippen MR) is 86.9 cm³/mol. The Balaban J connectivity index is 1.41. The van der Waals surface area contributed by atoms with Crippen molar-refractivity contribution < 1.29 is 4.79 Å². The van der Waals surface area contributed by atoms with Crippen LogP contribution in [0.1, 0.15) is 35.6 Å². The molecule has 1 aromatic rings. The van der Waals surface area contributed by atoms with Crippen LogP contribution in [0, 0.1) is 0 Å². The van der Waals surface area contributed by atoms with E-state index >= 15 is 0 Å². The Kier molecular flexibility index (Phi) is 5.27. The molecule has 2 aliphatic rings. The van der Waals surface area contributed by atoms with Gasteiger partial charge in [-0.25, -0.2) is 0 Å². The van der Waals surface area contributed by atoms with Crippen LogP contribution in [0.4, 0.5) is 0 Å². The van der Waals surface area contributed by atoms with Crippen LogP contribution in [0.5, 0.6) is 0 Å². The first-order valence-corrected chi connectivity index (χ1v) is 8.99. The van der Waals surface area contributed by atoms with E-state index in [-0.39, 0.29) is 11.8 Å². The average molecular weight is 307 g/mol. The van der Waals surface area contributed by atoms with Crippen molar-refractivity contribution in [2.75, 3.05) is 39.3 Å². The van der Waals surface area contributed by atoms with Crippen LogP contribution in [-0.4, -0.2) is 50.1 Å². The fraction of sp³-hybridized carbons (Fsp3) is 0.688. The molecule has 1 aromatic heterocycles. The van der Waals surface area contributed by atoms with Gasteiger partial charge in [-0.1, -0.05) is 0 Å². The number of nitrogens with zero attached hydrogens (tertiary/aromatic N) is 1. The van der Waals surface area contributed by atoms with Gasteiger partial charge in [0.15, 0.2) is 0 Å². The number of carbonyl (C=O) groups is 1. The fourth-order valence-electron chi connectivity index (χ4n) is 3.33. The summed E-state index contributed by atoms with van der Waals surface area (Å²) < 4.78 is 0. The van der Waals surface area contributed by atoms with Crippen LogP contribution in [0.2, 0.25) is 0 Å². The number of thiophene rings is 1. The van der Waals surface area contributed by atoms with Crippen LogP contribution in [0.15, 0.2) is 11.4 Å². The molecule has 2 heterocycles. The highest BCUT2D eigenvalue weighted by atomic mass is 32.1. The van der Waals surface area contributed by atoms with Gasteiger partial charge in [-0.2, -0.15) is 0 Å². The monoisotopic (exact) mass is 307 g/mol. The van der Waals surface area contributed by atoms with E-state index in [0.717, 1.165) is 65.0 Å². The molecule has 0 saturated carbocycles. The van der Waals surface area contributed by atoms with Crippen molar-refractivity contribution in [3.05, 3.63) is 21.9 Å². The number of piperazine rings is 1. The molecular formula is C16H25N3OS. The first-order chi connectivity index (χ1) is 10.3. The zero-order valence-corrected chi connectivity index (χ0v) is 13.4. The molecule has 1 saturated heterocycles. The Morgan fingerprint density at radius 2 is 2.29 bits per heavy atom. The number of aryl methyl sites for hydroxylation is 1. The van der Waals surface area contributed by atoms with Gasteiger partial charge in [0.1, 0.15) is 0 Å². The summed E-state index contributed by atoms with van der Waals surface area (Å²) in [5, 5.41) is 8.63. The van der Waals surface area contributed by atoms with E-state index in [2.05, 4.69) is 27.0 Å². The maximum Gasteiger partial charge on any atom is 0.227 e. The lowest BCUT2D eigenvalue weighted by Gasteiger charge is -2.27. The van der Waals surface area contributed by atoms with E-state index in [4.69, 9.17) is 0 Å². The largest absolute Gasteiger partial charge is 0.356 e. The molecule has 2 N–H and O–H groups in total. The van der Waals surface area contributed by atoms with Crippen molar-refractivity contribution in [1.82, 2.24) is 15.5 Å². The normalized spacial score (nSPS) is 22.8. The lowest BCUT2D eigenvalue weighted by molar-refractivity contribution is -0.122. The number of amides is 1. The highest BCUT2D eigenvalue weighted by molar-refractivity contribution is 7.10. The third kappa shape index (κ3) is 3.84. The van der Waals surface area contributed by atoms with E-state index in [1.807, 2.05) is 0 Å². The van der Waals surface area contributed by atoms with Crippen molar-refractivity contribution >= 4 is 17.2 Å². The van der Waals surface area contributed by atoms with Crippen molar-refractivity contribution in [3.63, 3.8) is 0 Å². The zero-order valence-electron chi connectivity index (χ0n) is 12.6. The van der Waals surface area contributed by atoms with Gasteiger partial charge in [-0.15, -0.1) is 11.3 Å². The van der Waals surface area contributed by atoms with Crippen LogP contribution >= 0.6 is 11.3 Å². The van der Waals surface area contributed by atoms with Gasteiger partial charge in [-0.05, 0) is 49.2 Å². The van der Waals surface area contributed by atoms with E-state index in [1.54, 1.807) is 11.3 Å². The lowest BCUT2D eigenvalue weighted by Crippen LogP contribution is -2.44. The molecule has 0 bridgehead atoms. The Labute approximate surface area is 130 Å². The minimum atomic E-state index is 0.0965. The van der Waals surface area contributed by atoms with Crippen LogP contribution in [0.3, 0.4) is 0 Å². The number of carbonyl (C=O) groups excluding carboxylic acids is 1. The molecular weight excluding hydrogens is 282 g/mol. The van der Waals surface area contributed by atoms with Crippen molar-refractivity contribution in [1.29, 1.82) is 0 Å². The summed E-state index contributed by atoms with van der Waals surface area (Å²) in [5.74, 6) is 0.328. The van der Waals surface area contributed by atoms with Gasteiger partial charge in [0.2, 0.25) is 5.91 Å². The number of rotatable bonds is 5. The van der Waals surface area contributed by atoms with Gasteiger partial charge < -0.3 is 15.5 Å². The Hall–Kier alpha value is -0.910. The molecule has 0 aromatic carbocycles. The third-order valence-electron chi connectivity index (χ3n) is 4.53. The van der Waals surface area contributed by atoms with Gasteiger partial charge >= 0.3 is 0 Å². The van der Waals surface area contributed by atoms with Gasteiger partial charge in [0.25, 0.3) is 0 Å². The molecule has 1 aliphatic carbocycles. The summed E-state index contributed by atoms with van der Waals surface area (Å²) in [4.78, 5) is 16.3. The Morgan fingerprint density at radius 3 is 3.14 bits per heavy atom. The van der Waals surface area contributed by atoms with Crippen molar-refractivity contribution in [2.45, 2.75) is 31.6 Å². The molecule has 5 heteroatoms. The quantitative estimate of drug-likeness (QED) is 0.812. The molecule has 0 spiro atoms. The zero-order chi connectivity index (χ0) is 14.5. The second-order valence-corrected chi connectivity index (χ2v) is 6.98. The van der Waals surface area contributed by atoms with Gasteiger partial charge in [0.05, 0.1) is 5.92 Å². The Morgan fingerprint density at radius 1 is 1.43 bits per heavy atom. The molecule has 1 amide bonds. The number of fused-ring (bicyclic) bond motifs is 1. The van der Waals surface area contributed by atoms with Crippen molar-refractivity contribution in [2.24, 2.45) is 0 Å². The van der Waals surface area contributed by atoms with Crippen LogP contribution in [0.25, 0.3) is 0 Å². The minimum absolute atomic E-state index is 0.0965. The van der Waals surface area contributed by atoms with Crippen LogP contribution < -0.4 is 10.6 Å². The highest BCUT2D eigenvalue weighted by Crippen LogP contribution is 2.34. The summed E-state index contributed by atoms with van der Waals surface area (Å²) in [7, 11) is 0. The standard InChI is InChI=1S/C16H25N3OS/c20-16(14-3-1-4-15-13(14)5-12-21-15)18-6-2-9-19-10-7-17-8-11-19/h5,12,14,17H,1-4,6-11H2,(H,18,20). The smallest absolute Gasteiger partial charge is 0.227 e. The fourth-order valence-corrected chi connectivity index (χ4v) is 4.32. The molecule has 116 valence electrons. The van der Waals surface area contributed by atoms with Gasteiger partial charge in [0, 0.05) is 37.6 Å². The highest BCUT2D eigenvalue weighted by Gasteiger charge is 2.26. The molecule has 3 rings (SSSR count). The van der Waals surface area contributed by atoms with E-state index in [1.165, 1.54) is 10.4 Å². The van der Waals surface area contributed by atoms with E-state index < -0.39 is 0 Å². The SMILES string of the molecule is O=C(NCCCN1CCNCC1)C1CCCc2sccc21. The second kappa shape index (κ2) is 7.38. The maximum absolute atomic E-state index is 12.4. The van der Waals surface area contributed by atoms with E-state index in [0.29, 0.717) is 0 Å². The number of nitrogens with one attached hydrogen (secondary N) is 2. The van der Waals surface area contributed by atoms with Gasteiger partial charge in [-0.3, -0.25) is 4.79 Å². The minimum Gasteiger partial charge on any atom is -0.356 e. The molecule has 0 radical (unpaired) electrons. The topological polar surface area (TPSA) is 44.4 Å². The summed E-state index contributed by atoms with van der Waals surface area (Å²) in [5.41, 5.74) is 1.28. The summed E-state index contributed by atoms with van der Waals surface area (Å²) in [6.45, 7) is 6.35. The van der Waals surface area contributed by atoms with E-state index in [9.17, 15) is 4.79 Å². The summed E-state index contributed by atoms with van der Waals surface area (Å²) >= 11 is 1.80. The average Bonchev–Trinajstić information content (AvgIpc) is 3.01. The summed E-state index contributed by atoms with van der Waals surface area (Å²) in [6.07, 6.45) is 4.36. The first-order valence-electron chi connectivity index (χ1n) is 8.11. The number of hydrogen-bond acceptors (Lipinski definition) is 4. The second-order valence-electron chi connectivity index (χ2n) is 5.98. The lowest BCUT2D eigenvalue weighted by atomic mass is 9.87. The molecule has 1 unspecified atom stereocenters. The van der Waals surface area contributed by atoms with Crippen molar-refractivity contribution in [3.8, 4) is 0 Å². The third-order valence-corrected chi connectivity index (χ3v) is 5.52. The summed E-state index contributed by atoms with van der Waals surface area (Å²) in [6, 6.07) is 2.14. The predicted octanol–water partition coefficient (Wildman–Crippen LogP) is 1.58. The maximum atomic E-state index is 12.4.